The van der Waals surface area contributed by atoms with Crippen molar-refractivity contribution < 1.29 is 16.0 Å². The van der Waals surface area contributed by atoms with Gasteiger partial charge in [0.15, 0.2) is 0 Å². The molecule has 1 nitrogen and oxygen atoms in total. The third-order valence-corrected chi connectivity index (χ3v) is 2.29. The van der Waals surface area contributed by atoms with E-state index in [-0.39, 0.29) is 4.94 Å². The van der Waals surface area contributed by atoms with Gasteiger partial charge < -0.3 is 0 Å². The molecule has 7 heavy (non-hydrogen) atoms. The fourth-order valence-electron chi connectivity index (χ4n) is 0.365. The number of likely N-dealkylation sites (N-methyl/N-ethyl adjacent to an activating group) is 1. The van der Waals surface area contributed by atoms with E-state index in [1.165, 1.54) is 0 Å². The van der Waals surface area contributed by atoms with Gasteiger partial charge in [0.1, 0.15) is 0 Å². The van der Waals surface area contributed by atoms with E-state index in [0.717, 1.165) is 0 Å². The SMILES string of the molecule is CN1SC=C[CH]1[Cu]. The third-order valence-electron chi connectivity index (χ3n) is 0.769. The second-order valence-electron chi connectivity index (χ2n) is 1.31. The maximum atomic E-state index is 5.08. The first-order chi connectivity index (χ1) is 3.30. The van der Waals surface area contributed by atoms with E-state index >= 15 is 0 Å². The molecule has 3 heteroatoms. The Morgan fingerprint density at radius 1 is 1.86 bits per heavy atom. The summed E-state index contributed by atoms with van der Waals surface area (Å²) in [5, 5.41) is 2.01. The Morgan fingerprint density at radius 3 is 2.71 bits per heavy atom. The van der Waals surface area contributed by atoms with Crippen LogP contribution in [0.2, 0.25) is 0 Å². The normalized spacial score (nSPS) is 32.1. The van der Waals surface area contributed by atoms with Gasteiger partial charge in [-0.3, -0.25) is 0 Å². The molecular formula is C4H6CuNS. The fraction of sp³-hybridized carbons (Fsp3) is 0.500. The van der Waals surface area contributed by atoms with Crippen LogP contribution in [0, 0.1) is 0 Å². The summed E-state index contributed by atoms with van der Waals surface area (Å²) in [6.07, 6.45) is 1.99. The van der Waals surface area contributed by atoms with Crippen LogP contribution in [0.3, 0.4) is 0 Å². The van der Waals surface area contributed by atoms with E-state index in [4.69, 9.17) is 16.0 Å². The third kappa shape index (κ3) is 1.23. The first-order valence-electron chi connectivity index (χ1n) is 1.96. The van der Waals surface area contributed by atoms with E-state index < -0.39 is 0 Å². The molecule has 0 saturated heterocycles. The van der Waals surface area contributed by atoms with Crippen LogP contribution in [-0.4, -0.2) is 16.3 Å². The average molecular weight is 164 g/mol. The zero-order valence-electron chi connectivity index (χ0n) is 3.89. The van der Waals surface area contributed by atoms with Crippen LogP contribution in [-0.2, 0) is 16.0 Å². The molecule has 1 heterocycles. The molecule has 1 rings (SSSR count). The number of hydrogen-bond donors (Lipinski definition) is 0. The topological polar surface area (TPSA) is 3.24 Å². The van der Waals surface area contributed by atoms with Crippen LogP contribution in [0.4, 0.5) is 0 Å². The summed E-state index contributed by atoms with van der Waals surface area (Å²) in [4.78, 5) is 0.192. The predicted octanol–water partition coefficient (Wildman–Crippen LogP) is 0.967. The van der Waals surface area contributed by atoms with E-state index in [0.29, 0.717) is 0 Å². The van der Waals surface area contributed by atoms with Crippen molar-refractivity contribution >= 4 is 11.9 Å². The molecule has 1 atom stereocenters. The van der Waals surface area contributed by atoms with Gasteiger partial charge in [0, 0.05) is 0 Å². The van der Waals surface area contributed by atoms with Crippen LogP contribution in [0.5, 0.6) is 0 Å². The molecule has 0 radical (unpaired) electrons. The quantitative estimate of drug-likeness (QED) is 0.387. The van der Waals surface area contributed by atoms with Crippen LogP contribution in [0.1, 0.15) is 0 Å². The molecule has 1 unspecified atom stereocenters. The Balaban J connectivity index is 2.45. The van der Waals surface area contributed by atoms with Crippen molar-refractivity contribution in [3.05, 3.63) is 11.5 Å². The van der Waals surface area contributed by atoms with E-state index in [1.54, 1.807) is 11.9 Å². The summed E-state index contributed by atoms with van der Waals surface area (Å²) >= 11 is 6.73. The van der Waals surface area contributed by atoms with Gasteiger partial charge in [-0.25, -0.2) is 0 Å². The van der Waals surface area contributed by atoms with Crippen LogP contribution >= 0.6 is 11.9 Å². The van der Waals surface area contributed by atoms with Crippen molar-refractivity contribution in [1.29, 1.82) is 0 Å². The molecule has 0 aromatic rings. The predicted molar refractivity (Wildman–Crippen MR) is 28.3 cm³/mol. The molecule has 0 saturated carbocycles. The number of hydrogen-bond acceptors (Lipinski definition) is 2. The van der Waals surface area contributed by atoms with Crippen LogP contribution < -0.4 is 0 Å². The Kier molecular flexibility index (Phi) is 1.81. The van der Waals surface area contributed by atoms with Crippen LogP contribution in [0.25, 0.3) is 0 Å². The van der Waals surface area contributed by atoms with Gasteiger partial charge in [-0.2, -0.15) is 0 Å². The molecule has 0 aliphatic carbocycles. The van der Waals surface area contributed by atoms with E-state index in [1.807, 2.05) is 22.8 Å². The second kappa shape index (κ2) is 2.23. The van der Waals surface area contributed by atoms with E-state index in [9.17, 15) is 0 Å². The summed E-state index contributed by atoms with van der Waals surface area (Å²) < 4.78 is 2.01. The van der Waals surface area contributed by atoms with Gasteiger partial charge in [0.25, 0.3) is 0 Å². The fourth-order valence-corrected chi connectivity index (χ4v) is 1.32. The number of nitrogens with zero attached hydrogens (tertiary/aromatic N) is 1. The molecule has 1 aliphatic rings. The van der Waals surface area contributed by atoms with Crippen molar-refractivity contribution in [3.63, 3.8) is 0 Å². The molecule has 0 amide bonds. The average Bonchev–Trinajstić information content (AvgIpc) is 1.91. The van der Waals surface area contributed by atoms with Crippen molar-refractivity contribution in [2.45, 2.75) is 4.94 Å². The van der Waals surface area contributed by atoms with Gasteiger partial charge in [-0.1, -0.05) is 0 Å². The molecule has 0 aromatic carbocycles. The Hall–Kier alpha value is 0.569. The van der Waals surface area contributed by atoms with Crippen LogP contribution in [0.15, 0.2) is 11.5 Å². The van der Waals surface area contributed by atoms with Gasteiger partial charge in [-0.05, 0) is 0 Å². The summed E-state index contributed by atoms with van der Waals surface area (Å²) in [6, 6.07) is 0. The molecule has 0 fully saturated rings. The van der Waals surface area contributed by atoms with Crippen molar-refractivity contribution in [2.24, 2.45) is 0 Å². The minimum absolute atomic E-state index is 0.192. The second-order valence-corrected chi connectivity index (χ2v) is 2.92. The summed E-state index contributed by atoms with van der Waals surface area (Å²) in [7, 11) is 1.98. The molecule has 44 valence electrons. The van der Waals surface area contributed by atoms with Crippen molar-refractivity contribution in [2.75, 3.05) is 7.05 Å². The summed E-state index contributed by atoms with van der Waals surface area (Å²) in [5.74, 6) is 0. The molecule has 1 aliphatic heterocycles. The Bertz CT molecular complexity index is 93.7. The van der Waals surface area contributed by atoms with Crippen molar-refractivity contribution in [3.8, 4) is 0 Å². The molecule has 0 bridgehead atoms. The van der Waals surface area contributed by atoms with Gasteiger partial charge in [0.05, 0.1) is 0 Å². The Morgan fingerprint density at radius 2 is 2.57 bits per heavy atom. The molecule has 0 N–H and O–H groups in total. The molecule has 0 spiro atoms. The maximum absolute atomic E-state index is 5.08. The molecule has 0 aromatic heterocycles. The van der Waals surface area contributed by atoms with Gasteiger partial charge >= 0.3 is 55.7 Å². The van der Waals surface area contributed by atoms with Gasteiger partial charge in [-0.15, -0.1) is 0 Å². The summed E-state index contributed by atoms with van der Waals surface area (Å²) in [5.41, 5.74) is 0. The zero-order chi connectivity index (χ0) is 5.28. The Labute approximate surface area is 56.1 Å². The van der Waals surface area contributed by atoms with E-state index in [2.05, 4.69) is 0 Å². The van der Waals surface area contributed by atoms with Crippen molar-refractivity contribution in [1.82, 2.24) is 4.31 Å². The van der Waals surface area contributed by atoms with Gasteiger partial charge in [0.2, 0.25) is 0 Å². The number of rotatable bonds is 0. The first-order valence-corrected chi connectivity index (χ1v) is 3.34. The molecular weight excluding hydrogens is 158 g/mol. The summed E-state index contributed by atoms with van der Waals surface area (Å²) in [6.45, 7) is 0. The minimum atomic E-state index is 0.192. The standard InChI is InChI=1S/C4H6NS.Cu/c1-5-3-2-4-6-5;/h2-4H,1H3;. The zero-order valence-corrected chi connectivity index (χ0v) is 5.65. The monoisotopic (exact) mass is 163 g/mol. The first kappa shape index (κ1) is 5.70.